The Morgan fingerprint density at radius 1 is 1.11 bits per heavy atom. The summed E-state index contributed by atoms with van der Waals surface area (Å²) in [5.74, 6) is -0.444. The van der Waals surface area contributed by atoms with Crippen molar-refractivity contribution in [1.29, 1.82) is 0 Å². The van der Waals surface area contributed by atoms with Crippen LogP contribution >= 0.6 is 0 Å². The molecule has 1 saturated heterocycles. The molecular weight excluding hydrogens is 244 g/mol. The lowest BCUT2D eigenvalue weighted by Crippen LogP contribution is -2.22. The summed E-state index contributed by atoms with van der Waals surface area (Å²) in [7, 11) is 0. The first-order valence-corrected chi connectivity index (χ1v) is 6.70. The van der Waals surface area contributed by atoms with Crippen LogP contribution in [0.1, 0.15) is 12.0 Å². The number of rotatable bonds is 3. The van der Waals surface area contributed by atoms with Crippen LogP contribution in [0.25, 0.3) is 10.8 Å². The van der Waals surface area contributed by atoms with Crippen molar-refractivity contribution in [2.45, 2.75) is 19.4 Å². The highest BCUT2D eigenvalue weighted by atomic mass is 19.3. The summed E-state index contributed by atoms with van der Waals surface area (Å²) in [6.07, 6.45) is -1.56. The summed E-state index contributed by atoms with van der Waals surface area (Å²) in [5, 5.41) is 2.43. The van der Waals surface area contributed by atoms with Gasteiger partial charge in [0.1, 0.15) is 0 Å². The van der Waals surface area contributed by atoms with Crippen molar-refractivity contribution in [1.82, 2.24) is 4.90 Å². The molecule has 0 spiro atoms. The van der Waals surface area contributed by atoms with Gasteiger partial charge >= 0.3 is 0 Å². The van der Waals surface area contributed by atoms with E-state index in [-0.39, 0.29) is 0 Å². The van der Waals surface area contributed by atoms with Crippen molar-refractivity contribution in [2.75, 3.05) is 13.1 Å². The maximum absolute atomic E-state index is 12.6. The molecule has 3 rings (SSSR count). The van der Waals surface area contributed by atoms with E-state index in [9.17, 15) is 8.78 Å². The van der Waals surface area contributed by atoms with Crippen LogP contribution in [0.2, 0.25) is 0 Å². The number of hydrogen-bond acceptors (Lipinski definition) is 1. The zero-order chi connectivity index (χ0) is 13.2. The third-order valence-corrected chi connectivity index (χ3v) is 3.89. The van der Waals surface area contributed by atoms with Gasteiger partial charge in [0.15, 0.2) is 0 Å². The van der Waals surface area contributed by atoms with Crippen LogP contribution in [0.5, 0.6) is 0 Å². The van der Waals surface area contributed by atoms with Gasteiger partial charge in [0, 0.05) is 19.0 Å². The summed E-state index contributed by atoms with van der Waals surface area (Å²) in [4.78, 5) is 2.13. The number of benzene rings is 2. The van der Waals surface area contributed by atoms with Crippen LogP contribution in [-0.2, 0) is 6.54 Å². The minimum absolute atomic E-state index is 0.444. The van der Waals surface area contributed by atoms with E-state index in [1.165, 1.54) is 16.3 Å². The van der Waals surface area contributed by atoms with Gasteiger partial charge < -0.3 is 0 Å². The molecule has 1 nitrogen and oxygen atoms in total. The Bertz CT molecular complexity index is 567. The fourth-order valence-corrected chi connectivity index (χ4v) is 2.81. The minimum Gasteiger partial charge on any atom is -0.299 e. The molecule has 2 aromatic carbocycles. The lowest BCUT2D eigenvalue weighted by Gasteiger charge is -2.16. The average molecular weight is 261 g/mol. The monoisotopic (exact) mass is 261 g/mol. The van der Waals surface area contributed by atoms with Gasteiger partial charge in [-0.3, -0.25) is 4.90 Å². The van der Waals surface area contributed by atoms with Crippen LogP contribution in [0.15, 0.2) is 42.5 Å². The van der Waals surface area contributed by atoms with Gasteiger partial charge in [-0.05, 0) is 35.4 Å². The summed E-state index contributed by atoms with van der Waals surface area (Å²) < 4.78 is 25.3. The van der Waals surface area contributed by atoms with Gasteiger partial charge in [-0.1, -0.05) is 36.4 Å². The number of fused-ring (bicyclic) bond motifs is 1. The minimum atomic E-state index is -2.18. The summed E-state index contributed by atoms with van der Waals surface area (Å²) >= 11 is 0. The molecule has 1 aliphatic heterocycles. The van der Waals surface area contributed by atoms with Crippen molar-refractivity contribution in [3.05, 3.63) is 48.0 Å². The normalized spacial score (nSPS) is 20.5. The maximum atomic E-state index is 12.6. The molecule has 1 fully saturated rings. The van der Waals surface area contributed by atoms with Gasteiger partial charge in [-0.25, -0.2) is 8.78 Å². The van der Waals surface area contributed by atoms with E-state index < -0.39 is 12.3 Å². The molecule has 1 heterocycles. The van der Waals surface area contributed by atoms with Gasteiger partial charge in [0.05, 0.1) is 0 Å². The van der Waals surface area contributed by atoms with Crippen LogP contribution < -0.4 is 0 Å². The second kappa shape index (κ2) is 5.25. The molecule has 0 aliphatic carbocycles. The van der Waals surface area contributed by atoms with Gasteiger partial charge in [-0.15, -0.1) is 0 Å². The average Bonchev–Trinajstić information content (AvgIpc) is 2.87. The summed E-state index contributed by atoms with van der Waals surface area (Å²) in [6, 6.07) is 14.6. The third kappa shape index (κ3) is 2.76. The topological polar surface area (TPSA) is 3.24 Å². The molecule has 3 heteroatoms. The molecule has 0 radical (unpaired) electrons. The number of halogens is 2. The van der Waals surface area contributed by atoms with E-state index >= 15 is 0 Å². The second-order valence-corrected chi connectivity index (χ2v) is 5.30. The van der Waals surface area contributed by atoms with E-state index in [2.05, 4.69) is 35.2 Å². The lowest BCUT2D eigenvalue weighted by atomic mass is 10.1. The van der Waals surface area contributed by atoms with E-state index in [4.69, 9.17) is 0 Å². The number of hydrogen-bond donors (Lipinski definition) is 0. The first-order valence-electron chi connectivity index (χ1n) is 6.70. The van der Waals surface area contributed by atoms with Crippen LogP contribution in [0.3, 0.4) is 0 Å². The SMILES string of the molecule is FC(F)C1CCN(Cc2ccc3ccccc3c2)C1. The van der Waals surface area contributed by atoms with Gasteiger partial charge in [0.25, 0.3) is 0 Å². The lowest BCUT2D eigenvalue weighted by molar-refractivity contribution is 0.0803. The molecule has 0 aromatic heterocycles. The van der Waals surface area contributed by atoms with Gasteiger partial charge in [0.2, 0.25) is 6.43 Å². The molecule has 100 valence electrons. The predicted molar refractivity (Wildman–Crippen MR) is 73.3 cm³/mol. The molecule has 1 aliphatic rings. The van der Waals surface area contributed by atoms with E-state index in [0.29, 0.717) is 13.0 Å². The molecule has 0 bridgehead atoms. The van der Waals surface area contributed by atoms with Crippen molar-refractivity contribution in [3.8, 4) is 0 Å². The molecule has 0 N–H and O–H groups in total. The molecule has 2 aromatic rings. The number of nitrogens with zero attached hydrogens (tertiary/aromatic N) is 1. The van der Waals surface area contributed by atoms with E-state index in [1.54, 1.807) is 0 Å². The smallest absolute Gasteiger partial charge is 0.242 e. The van der Waals surface area contributed by atoms with Crippen molar-refractivity contribution < 1.29 is 8.78 Å². The number of alkyl halides is 2. The fourth-order valence-electron chi connectivity index (χ4n) is 2.81. The first-order chi connectivity index (χ1) is 9.22. The highest BCUT2D eigenvalue weighted by Gasteiger charge is 2.29. The fraction of sp³-hybridized carbons (Fsp3) is 0.375. The Labute approximate surface area is 111 Å². The molecule has 0 saturated carbocycles. The van der Waals surface area contributed by atoms with Crippen molar-refractivity contribution in [2.24, 2.45) is 5.92 Å². The van der Waals surface area contributed by atoms with E-state index in [1.807, 2.05) is 12.1 Å². The molecular formula is C16H17F2N. The molecule has 0 amide bonds. The standard InChI is InChI=1S/C16H17F2N/c17-16(18)15-7-8-19(11-15)10-12-5-6-13-3-1-2-4-14(13)9-12/h1-6,9,15-16H,7-8,10-11H2. The van der Waals surface area contributed by atoms with Crippen molar-refractivity contribution >= 4 is 10.8 Å². The summed E-state index contributed by atoms with van der Waals surface area (Å²) in [6.45, 7) is 2.07. The quantitative estimate of drug-likeness (QED) is 0.809. The first kappa shape index (κ1) is 12.5. The Kier molecular flexibility index (Phi) is 3.47. The highest BCUT2D eigenvalue weighted by molar-refractivity contribution is 5.82. The summed E-state index contributed by atoms with van der Waals surface area (Å²) in [5.41, 5.74) is 1.20. The Morgan fingerprint density at radius 3 is 2.63 bits per heavy atom. The largest absolute Gasteiger partial charge is 0.299 e. The Hall–Kier alpha value is -1.48. The van der Waals surface area contributed by atoms with Gasteiger partial charge in [-0.2, -0.15) is 0 Å². The molecule has 1 atom stereocenters. The van der Waals surface area contributed by atoms with Crippen LogP contribution in [0, 0.1) is 5.92 Å². The second-order valence-electron chi connectivity index (χ2n) is 5.30. The zero-order valence-electron chi connectivity index (χ0n) is 10.7. The highest BCUT2D eigenvalue weighted by Crippen LogP contribution is 2.25. The zero-order valence-corrected chi connectivity index (χ0v) is 10.7. The Balaban J connectivity index is 1.72. The molecule has 1 unspecified atom stereocenters. The Morgan fingerprint density at radius 2 is 1.89 bits per heavy atom. The van der Waals surface area contributed by atoms with Crippen LogP contribution in [0.4, 0.5) is 8.78 Å². The molecule has 19 heavy (non-hydrogen) atoms. The third-order valence-electron chi connectivity index (χ3n) is 3.89. The maximum Gasteiger partial charge on any atom is 0.242 e. The number of likely N-dealkylation sites (tertiary alicyclic amines) is 1. The van der Waals surface area contributed by atoms with Crippen LogP contribution in [-0.4, -0.2) is 24.4 Å². The predicted octanol–water partition coefficient (Wildman–Crippen LogP) is 3.93. The van der Waals surface area contributed by atoms with E-state index in [0.717, 1.165) is 13.1 Å². The van der Waals surface area contributed by atoms with Crippen molar-refractivity contribution in [3.63, 3.8) is 0 Å².